The number of ether oxygens (including phenoxy) is 5. The highest BCUT2D eigenvalue weighted by molar-refractivity contribution is 8.04. The van der Waals surface area contributed by atoms with E-state index < -0.39 is 0 Å². The van der Waals surface area contributed by atoms with E-state index in [0.717, 1.165) is 31.3 Å². The number of thioether (sulfide) groups is 1. The second-order valence-corrected chi connectivity index (χ2v) is 11.7. The number of hydrogen-bond acceptors (Lipinski definition) is 11. The SMILES string of the molecule is CC(C)C#CCNC(=O)COCCO.CC(C)NCCCOCCOCCOCCNC(=O)c1cccc(OCC(C)SC#N)c1. The minimum atomic E-state index is -0.212. The van der Waals surface area contributed by atoms with Gasteiger partial charge in [0.15, 0.2) is 0 Å². The molecule has 1 atom stereocenters. The van der Waals surface area contributed by atoms with Gasteiger partial charge in [0, 0.05) is 30.7 Å². The summed E-state index contributed by atoms with van der Waals surface area (Å²) < 4.78 is 26.9. The molecule has 1 unspecified atom stereocenters. The maximum Gasteiger partial charge on any atom is 0.251 e. The molecule has 46 heavy (non-hydrogen) atoms. The molecular formula is C33H54N4O8S. The van der Waals surface area contributed by atoms with Gasteiger partial charge >= 0.3 is 0 Å². The highest BCUT2D eigenvalue weighted by Crippen LogP contribution is 2.16. The Bertz CT molecular complexity index is 1030. The third-order valence-corrected chi connectivity index (χ3v) is 6.01. The first-order chi connectivity index (χ1) is 22.2. The van der Waals surface area contributed by atoms with Crippen molar-refractivity contribution in [3.63, 3.8) is 0 Å². The molecule has 0 fully saturated rings. The first-order valence-corrected chi connectivity index (χ1v) is 16.5. The standard InChI is InChI=1S/C23H37N3O5S.C10H17NO3/c1-19(2)25-8-5-10-28-12-14-30-15-13-29-11-9-26-23(27)21-6-4-7-22(16-21)31-17-20(3)32-18-24;1-9(2)4-3-5-11-10(13)8-14-7-6-12/h4,6-7,16,19-20,25H,5,8-15,17H2,1-3H3,(H,26,27);9,12H,5-8H2,1-2H3,(H,11,13). The number of benzene rings is 1. The van der Waals surface area contributed by atoms with Gasteiger partial charge < -0.3 is 44.7 Å². The zero-order valence-corrected chi connectivity index (χ0v) is 28.9. The molecule has 1 aromatic carbocycles. The fourth-order valence-corrected chi connectivity index (χ4v) is 3.50. The molecule has 1 rings (SSSR count). The Balaban J connectivity index is 0.00000121. The van der Waals surface area contributed by atoms with Gasteiger partial charge in [-0.2, -0.15) is 5.26 Å². The molecule has 0 aliphatic heterocycles. The van der Waals surface area contributed by atoms with Gasteiger partial charge in [0.1, 0.15) is 24.4 Å². The Labute approximate surface area is 279 Å². The predicted molar refractivity (Wildman–Crippen MR) is 181 cm³/mol. The van der Waals surface area contributed by atoms with E-state index in [1.165, 1.54) is 0 Å². The number of nitrogens with one attached hydrogen (secondary N) is 3. The zero-order chi connectivity index (χ0) is 34.3. The lowest BCUT2D eigenvalue weighted by Gasteiger charge is -2.11. The molecule has 0 aromatic heterocycles. The van der Waals surface area contributed by atoms with E-state index in [9.17, 15) is 9.59 Å². The normalized spacial score (nSPS) is 11.1. The molecule has 0 saturated carbocycles. The van der Waals surface area contributed by atoms with Crippen LogP contribution in [0, 0.1) is 28.4 Å². The molecule has 260 valence electrons. The minimum absolute atomic E-state index is 0.0239. The van der Waals surface area contributed by atoms with Crippen LogP contribution in [-0.2, 0) is 23.7 Å². The second kappa shape index (κ2) is 30.8. The van der Waals surface area contributed by atoms with E-state index in [4.69, 9.17) is 34.1 Å². The molecule has 0 saturated heterocycles. The smallest absolute Gasteiger partial charge is 0.251 e. The third-order valence-electron chi connectivity index (χ3n) is 5.36. The summed E-state index contributed by atoms with van der Waals surface area (Å²) in [6, 6.07) is 7.49. The van der Waals surface area contributed by atoms with Crippen LogP contribution in [0.2, 0.25) is 0 Å². The number of nitriles is 1. The molecule has 12 nitrogen and oxygen atoms in total. The molecule has 0 spiro atoms. The highest BCUT2D eigenvalue weighted by atomic mass is 32.2. The molecule has 2 amide bonds. The van der Waals surface area contributed by atoms with Gasteiger partial charge in [0.2, 0.25) is 5.91 Å². The van der Waals surface area contributed by atoms with Gasteiger partial charge in [-0.25, -0.2) is 0 Å². The van der Waals surface area contributed by atoms with Crippen molar-refractivity contribution in [2.24, 2.45) is 5.92 Å². The summed E-state index contributed by atoms with van der Waals surface area (Å²) in [6.45, 7) is 15.6. The van der Waals surface area contributed by atoms with Crippen LogP contribution in [0.1, 0.15) is 51.4 Å². The number of thiocyanates is 1. The minimum Gasteiger partial charge on any atom is -0.492 e. The van der Waals surface area contributed by atoms with Crippen molar-refractivity contribution >= 4 is 23.6 Å². The topological polar surface area (TPSA) is 160 Å². The van der Waals surface area contributed by atoms with Crippen molar-refractivity contribution in [1.82, 2.24) is 16.0 Å². The van der Waals surface area contributed by atoms with E-state index in [-0.39, 0.29) is 36.9 Å². The summed E-state index contributed by atoms with van der Waals surface area (Å²) in [7, 11) is 0. The van der Waals surface area contributed by atoms with Crippen LogP contribution < -0.4 is 20.7 Å². The van der Waals surface area contributed by atoms with Crippen molar-refractivity contribution < 1.29 is 38.4 Å². The Kier molecular flexibility index (Phi) is 28.8. The number of aliphatic hydroxyl groups is 1. The van der Waals surface area contributed by atoms with Gasteiger partial charge in [0.25, 0.3) is 5.91 Å². The Morgan fingerprint density at radius 1 is 0.913 bits per heavy atom. The van der Waals surface area contributed by atoms with Crippen molar-refractivity contribution in [2.45, 2.75) is 52.3 Å². The van der Waals surface area contributed by atoms with E-state index in [2.05, 4.69) is 41.6 Å². The second-order valence-electron chi connectivity index (χ2n) is 10.4. The summed E-state index contributed by atoms with van der Waals surface area (Å²) >= 11 is 1.16. The van der Waals surface area contributed by atoms with Crippen LogP contribution in [0.15, 0.2) is 24.3 Å². The lowest BCUT2D eigenvalue weighted by molar-refractivity contribution is -0.125. The summed E-state index contributed by atoms with van der Waals surface area (Å²) in [5, 5.41) is 27.9. The van der Waals surface area contributed by atoms with Crippen molar-refractivity contribution in [2.75, 3.05) is 85.7 Å². The zero-order valence-electron chi connectivity index (χ0n) is 28.1. The number of carbonyl (C=O) groups is 2. The molecule has 13 heteroatoms. The molecule has 0 aliphatic rings. The maximum atomic E-state index is 12.3. The predicted octanol–water partition coefficient (Wildman–Crippen LogP) is 2.61. The third kappa shape index (κ3) is 28.6. The molecule has 0 heterocycles. The first-order valence-electron chi connectivity index (χ1n) is 15.7. The molecule has 0 aliphatic carbocycles. The van der Waals surface area contributed by atoms with Gasteiger partial charge in [-0.15, -0.1) is 0 Å². The van der Waals surface area contributed by atoms with Crippen LogP contribution >= 0.6 is 11.8 Å². The Morgan fingerprint density at radius 3 is 2.26 bits per heavy atom. The van der Waals surface area contributed by atoms with Crippen LogP contribution in [-0.4, -0.2) is 114 Å². The number of rotatable bonds is 24. The summed E-state index contributed by atoms with van der Waals surface area (Å²) in [4.78, 5) is 23.2. The summed E-state index contributed by atoms with van der Waals surface area (Å²) in [6.07, 6.45) is 0.991. The van der Waals surface area contributed by atoms with Crippen molar-refractivity contribution in [1.29, 1.82) is 5.26 Å². The highest BCUT2D eigenvalue weighted by Gasteiger charge is 2.08. The number of nitrogens with zero attached hydrogens (tertiary/aromatic N) is 1. The number of aliphatic hydroxyl groups excluding tert-OH is 1. The van der Waals surface area contributed by atoms with Crippen molar-refractivity contribution in [3.8, 4) is 23.0 Å². The van der Waals surface area contributed by atoms with Gasteiger partial charge in [-0.05, 0) is 49.9 Å². The van der Waals surface area contributed by atoms with Gasteiger partial charge in [0.05, 0.1) is 58.0 Å². The molecule has 4 N–H and O–H groups in total. The van der Waals surface area contributed by atoms with Gasteiger partial charge in [-0.3, -0.25) is 9.59 Å². The quantitative estimate of drug-likeness (QED) is 0.0730. The summed E-state index contributed by atoms with van der Waals surface area (Å²) in [5.41, 5.74) is 0.520. The average Bonchev–Trinajstić information content (AvgIpc) is 3.02. The summed E-state index contributed by atoms with van der Waals surface area (Å²) in [5.74, 6) is 6.27. The van der Waals surface area contributed by atoms with Crippen LogP contribution in [0.4, 0.5) is 0 Å². The lowest BCUT2D eigenvalue weighted by atomic mass is 10.2. The molecule has 0 radical (unpaired) electrons. The Hall–Kier alpha value is -2.88. The fraction of sp³-hybridized carbons (Fsp3) is 0.667. The van der Waals surface area contributed by atoms with Crippen LogP contribution in [0.3, 0.4) is 0 Å². The number of carbonyl (C=O) groups excluding carboxylic acids is 2. The fourth-order valence-electron chi connectivity index (χ4n) is 3.19. The van der Waals surface area contributed by atoms with E-state index in [1.807, 2.05) is 26.2 Å². The van der Waals surface area contributed by atoms with E-state index in [1.54, 1.807) is 24.3 Å². The molecule has 1 aromatic rings. The Morgan fingerprint density at radius 2 is 1.61 bits per heavy atom. The molecular weight excluding hydrogens is 612 g/mol. The van der Waals surface area contributed by atoms with Crippen molar-refractivity contribution in [3.05, 3.63) is 29.8 Å². The van der Waals surface area contributed by atoms with Crippen LogP contribution in [0.25, 0.3) is 0 Å². The number of amides is 2. The van der Waals surface area contributed by atoms with E-state index in [0.29, 0.717) is 76.0 Å². The monoisotopic (exact) mass is 666 g/mol. The first kappa shape index (κ1) is 43.1. The lowest BCUT2D eigenvalue weighted by Crippen LogP contribution is -2.28. The van der Waals surface area contributed by atoms with Gasteiger partial charge in [-0.1, -0.05) is 45.6 Å². The van der Waals surface area contributed by atoms with Crippen LogP contribution in [0.5, 0.6) is 5.75 Å². The van der Waals surface area contributed by atoms with E-state index >= 15 is 0 Å². The maximum absolute atomic E-state index is 12.3. The average molecular weight is 667 g/mol. The molecule has 0 bridgehead atoms. The number of hydrogen-bond donors (Lipinski definition) is 4. The largest absolute Gasteiger partial charge is 0.492 e.